The molecule has 16 heavy (non-hydrogen) atoms. The van der Waals surface area contributed by atoms with Gasteiger partial charge >= 0.3 is 6.03 Å². The normalized spacial score (nSPS) is 25.0. The first-order valence-electron chi connectivity index (χ1n) is 5.24. The molecule has 0 radical (unpaired) electrons. The summed E-state index contributed by atoms with van der Waals surface area (Å²) >= 11 is 0. The second-order valence-electron chi connectivity index (χ2n) is 3.91. The molecule has 2 aliphatic heterocycles. The molecule has 0 bridgehead atoms. The van der Waals surface area contributed by atoms with E-state index >= 15 is 0 Å². The topological polar surface area (TPSA) is 70.1 Å². The van der Waals surface area contributed by atoms with Gasteiger partial charge in [-0.3, -0.25) is 24.4 Å². The highest BCUT2D eigenvalue weighted by atomic mass is 16.2. The van der Waals surface area contributed by atoms with E-state index < -0.39 is 17.9 Å². The lowest BCUT2D eigenvalue weighted by atomic mass is 10.0. The Morgan fingerprint density at radius 2 is 2.06 bits per heavy atom. The lowest BCUT2D eigenvalue weighted by Crippen LogP contribution is -2.58. The summed E-state index contributed by atoms with van der Waals surface area (Å²) in [6.45, 7) is 2.42. The van der Waals surface area contributed by atoms with Crippen LogP contribution in [0.4, 0.5) is 4.79 Å². The second kappa shape index (κ2) is 3.70. The van der Waals surface area contributed by atoms with Crippen molar-refractivity contribution in [1.82, 2.24) is 9.80 Å². The summed E-state index contributed by atoms with van der Waals surface area (Å²) in [6.07, 6.45) is 0.758. The van der Waals surface area contributed by atoms with Crippen LogP contribution in [0, 0.1) is 5.92 Å². The van der Waals surface area contributed by atoms with Crippen molar-refractivity contribution in [1.29, 1.82) is 0 Å². The minimum absolute atomic E-state index is 0.00702. The molecule has 0 aromatic heterocycles. The summed E-state index contributed by atoms with van der Waals surface area (Å²) in [4.78, 5) is 41.5. The van der Waals surface area contributed by atoms with Crippen LogP contribution >= 0.6 is 0 Å². The number of ketones is 1. The van der Waals surface area contributed by atoms with E-state index in [0.717, 1.165) is 11.3 Å². The third kappa shape index (κ3) is 1.33. The van der Waals surface area contributed by atoms with E-state index in [0.29, 0.717) is 12.4 Å². The number of carbonyl (C=O) groups excluding carboxylic acids is 3. The third-order valence-corrected chi connectivity index (χ3v) is 2.80. The minimum Gasteiger partial charge on any atom is -0.296 e. The van der Waals surface area contributed by atoms with Gasteiger partial charge in [-0.1, -0.05) is 6.92 Å². The number of aliphatic imine (C=N–C) groups is 1. The van der Waals surface area contributed by atoms with Gasteiger partial charge in [-0.05, 0) is 6.42 Å². The number of hydrogen-bond donors (Lipinski definition) is 0. The predicted molar refractivity (Wildman–Crippen MR) is 56.0 cm³/mol. The molecule has 1 atom stereocenters. The molecular weight excluding hydrogens is 210 g/mol. The molecular formula is C10H13N3O3. The second-order valence-corrected chi connectivity index (χ2v) is 3.91. The molecule has 86 valence electrons. The van der Waals surface area contributed by atoms with E-state index in [1.54, 1.807) is 0 Å². The number of hydrogen-bond acceptors (Lipinski definition) is 4. The number of Topliss-reactive ketones (excluding diaryl/α,β-unsaturated/α-hetero) is 1. The Labute approximate surface area is 92.9 Å². The summed E-state index contributed by atoms with van der Waals surface area (Å²) in [7, 11) is 1.40. The van der Waals surface area contributed by atoms with E-state index in [-0.39, 0.29) is 12.3 Å². The number of imide groups is 1. The van der Waals surface area contributed by atoms with Crippen LogP contribution in [-0.4, -0.2) is 53.5 Å². The summed E-state index contributed by atoms with van der Waals surface area (Å²) in [5.74, 6) is -1.20. The van der Waals surface area contributed by atoms with Crippen molar-refractivity contribution in [2.75, 3.05) is 20.1 Å². The number of urea groups is 1. The highest BCUT2D eigenvalue weighted by Gasteiger charge is 2.48. The number of nitrogens with zero attached hydrogens (tertiary/aromatic N) is 3. The summed E-state index contributed by atoms with van der Waals surface area (Å²) in [5.41, 5.74) is 0. The molecule has 1 unspecified atom stereocenters. The predicted octanol–water partition coefficient (Wildman–Crippen LogP) is -0.112. The van der Waals surface area contributed by atoms with E-state index in [2.05, 4.69) is 4.99 Å². The lowest BCUT2D eigenvalue weighted by Gasteiger charge is -2.34. The quantitative estimate of drug-likeness (QED) is 0.613. The first-order valence-corrected chi connectivity index (χ1v) is 5.24. The molecule has 2 rings (SSSR count). The number of amides is 3. The van der Waals surface area contributed by atoms with Crippen LogP contribution in [0.1, 0.15) is 13.3 Å². The zero-order valence-corrected chi connectivity index (χ0v) is 9.27. The van der Waals surface area contributed by atoms with Gasteiger partial charge in [0.15, 0.2) is 11.7 Å². The largest absolute Gasteiger partial charge is 0.331 e. The van der Waals surface area contributed by atoms with Crippen molar-refractivity contribution in [3.8, 4) is 0 Å². The fourth-order valence-corrected chi connectivity index (χ4v) is 1.98. The Hall–Kier alpha value is -1.72. The van der Waals surface area contributed by atoms with Crippen molar-refractivity contribution < 1.29 is 14.4 Å². The molecule has 6 nitrogen and oxygen atoms in total. The Kier molecular flexibility index (Phi) is 2.49. The lowest BCUT2D eigenvalue weighted by molar-refractivity contribution is -0.135. The van der Waals surface area contributed by atoms with Crippen LogP contribution in [0.15, 0.2) is 4.99 Å². The highest BCUT2D eigenvalue weighted by Crippen LogP contribution is 2.23. The molecule has 3 amide bonds. The van der Waals surface area contributed by atoms with Crippen molar-refractivity contribution in [2.45, 2.75) is 13.3 Å². The van der Waals surface area contributed by atoms with Gasteiger partial charge in [0.1, 0.15) is 12.4 Å². The monoisotopic (exact) mass is 223 g/mol. The van der Waals surface area contributed by atoms with Gasteiger partial charge in [-0.2, -0.15) is 0 Å². The van der Waals surface area contributed by atoms with Crippen molar-refractivity contribution >= 4 is 23.6 Å². The van der Waals surface area contributed by atoms with Crippen molar-refractivity contribution in [3.05, 3.63) is 0 Å². The van der Waals surface area contributed by atoms with Gasteiger partial charge < -0.3 is 0 Å². The summed E-state index contributed by atoms with van der Waals surface area (Å²) < 4.78 is 0. The van der Waals surface area contributed by atoms with Gasteiger partial charge in [0.25, 0.3) is 0 Å². The van der Waals surface area contributed by atoms with E-state index in [1.165, 1.54) is 11.9 Å². The summed E-state index contributed by atoms with van der Waals surface area (Å²) in [6, 6.07) is -0.392. The molecule has 0 saturated carbocycles. The number of fused-ring (bicyclic) bond motifs is 1. The highest BCUT2D eigenvalue weighted by molar-refractivity contribution is 6.30. The number of carbonyl (C=O) groups is 3. The van der Waals surface area contributed by atoms with Crippen LogP contribution in [0.25, 0.3) is 0 Å². The number of rotatable bonds is 2. The van der Waals surface area contributed by atoms with Crippen LogP contribution in [0.5, 0.6) is 0 Å². The van der Waals surface area contributed by atoms with Gasteiger partial charge in [-0.25, -0.2) is 4.79 Å². The zero-order valence-electron chi connectivity index (χ0n) is 9.27. The van der Waals surface area contributed by atoms with Crippen LogP contribution in [-0.2, 0) is 9.59 Å². The van der Waals surface area contributed by atoms with Gasteiger partial charge in [0.05, 0.1) is 0 Å². The Balaban J connectivity index is 2.37. The SMILES string of the molecule is CCCN1C(=O)N(C)C(=O)C2C(=O)CN=C21. The van der Waals surface area contributed by atoms with Gasteiger partial charge in [0, 0.05) is 13.6 Å². The molecule has 2 heterocycles. The fraction of sp³-hybridized carbons (Fsp3) is 0.600. The van der Waals surface area contributed by atoms with Crippen molar-refractivity contribution in [2.24, 2.45) is 10.9 Å². The first-order chi connectivity index (χ1) is 7.57. The Morgan fingerprint density at radius 1 is 1.38 bits per heavy atom. The van der Waals surface area contributed by atoms with Crippen LogP contribution in [0.2, 0.25) is 0 Å². The average Bonchev–Trinajstić information content (AvgIpc) is 2.64. The van der Waals surface area contributed by atoms with E-state index in [1.807, 2.05) is 6.92 Å². The Bertz CT molecular complexity index is 402. The van der Waals surface area contributed by atoms with Gasteiger partial charge in [-0.15, -0.1) is 0 Å². The third-order valence-electron chi connectivity index (χ3n) is 2.80. The van der Waals surface area contributed by atoms with Crippen LogP contribution < -0.4 is 0 Å². The van der Waals surface area contributed by atoms with Crippen LogP contribution in [0.3, 0.4) is 0 Å². The zero-order chi connectivity index (χ0) is 11.9. The molecule has 2 aliphatic rings. The van der Waals surface area contributed by atoms with Gasteiger partial charge in [0.2, 0.25) is 5.91 Å². The molecule has 0 aromatic rings. The van der Waals surface area contributed by atoms with E-state index in [9.17, 15) is 14.4 Å². The fourth-order valence-electron chi connectivity index (χ4n) is 1.98. The Morgan fingerprint density at radius 3 is 2.69 bits per heavy atom. The van der Waals surface area contributed by atoms with E-state index in [4.69, 9.17) is 0 Å². The number of amidine groups is 1. The summed E-state index contributed by atoms with van der Waals surface area (Å²) in [5, 5.41) is 0. The molecule has 6 heteroatoms. The smallest absolute Gasteiger partial charge is 0.296 e. The standard InChI is InChI=1S/C10H13N3O3/c1-3-4-13-8-7(6(14)5-11-8)9(15)12(2)10(13)16/h7H,3-5H2,1-2H3. The van der Waals surface area contributed by atoms with Crippen molar-refractivity contribution in [3.63, 3.8) is 0 Å². The average molecular weight is 223 g/mol. The maximum Gasteiger partial charge on any atom is 0.331 e. The minimum atomic E-state index is -0.853. The maximum absolute atomic E-state index is 11.8. The maximum atomic E-state index is 11.8. The molecule has 1 fully saturated rings. The molecule has 0 aliphatic carbocycles. The molecule has 0 spiro atoms. The molecule has 1 saturated heterocycles. The first kappa shape index (κ1) is 10.8. The molecule has 0 aromatic carbocycles. The molecule has 0 N–H and O–H groups in total.